The zero-order valence-corrected chi connectivity index (χ0v) is 13.9. The number of carbonyl (C=O) groups excluding carboxylic acids is 1. The Hall–Kier alpha value is -1.65. The van der Waals surface area contributed by atoms with Crippen molar-refractivity contribution in [3.63, 3.8) is 0 Å². The van der Waals surface area contributed by atoms with Gasteiger partial charge in [0.15, 0.2) is 0 Å². The first-order valence-electron chi connectivity index (χ1n) is 7.01. The Morgan fingerprint density at radius 2 is 1.86 bits per heavy atom. The van der Waals surface area contributed by atoms with Crippen LogP contribution in [0.25, 0.3) is 0 Å². The molecule has 0 aliphatic carbocycles. The van der Waals surface area contributed by atoms with Crippen molar-refractivity contribution in [2.24, 2.45) is 0 Å². The van der Waals surface area contributed by atoms with E-state index in [-0.39, 0.29) is 11.2 Å². The minimum atomic E-state index is -0.131. The molecule has 2 aromatic carbocycles. The van der Waals surface area contributed by atoms with Crippen LogP contribution < -0.4 is 10.1 Å². The third-order valence-electron chi connectivity index (χ3n) is 2.94. The topological polar surface area (TPSA) is 38.3 Å². The molecule has 0 radical (unpaired) electrons. The summed E-state index contributed by atoms with van der Waals surface area (Å²) < 4.78 is 5.60. The average molecular weight is 336 g/mol. The summed E-state index contributed by atoms with van der Waals surface area (Å²) in [6.45, 7) is 2.44. The van der Waals surface area contributed by atoms with Crippen LogP contribution in [0.4, 0.5) is 5.69 Å². The van der Waals surface area contributed by atoms with Gasteiger partial charge in [0.05, 0.1) is 11.9 Å². The standard InChI is InChI=1S/C17H18ClNO2S/c1-13(17(20)19-15-5-3-2-4-6-15)22-12-11-21-16-9-7-14(18)8-10-16/h2-10,13H,11-12H2,1H3,(H,19,20). The molecule has 5 heteroatoms. The monoisotopic (exact) mass is 335 g/mol. The van der Waals surface area contributed by atoms with E-state index in [4.69, 9.17) is 16.3 Å². The molecule has 1 unspecified atom stereocenters. The quantitative estimate of drug-likeness (QED) is 0.758. The maximum Gasteiger partial charge on any atom is 0.237 e. The summed E-state index contributed by atoms with van der Waals surface area (Å²) in [6.07, 6.45) is 0. The Balaban J connectivity index is 1.67. The Morgan fingerprint density at radius 3 is 2.55 bits per heavy atom. The van der Waals surface area contributed by atoms with Crippen LogP contribution in [-0.4, -0.2) is 23.5 Å². The van der Waals surface area contributed by atoms with E-state index in [1.165, 1.54) is 0 Å². The molecule has 0 saturated carbocycles. The molecule has 1 amide bonds. The molecule has 0 spiro atoms. The van der Waals surface area contributed by atoms with Gasteiger partial charge in [-0.25, -0.2) is 0 Å². The van der Waals surface area contributed by atoms with E-state index in [0.717, 1.165) is 17.2 Å². The van der Waals surface area contributed by atoms with E-state index in [9.17, 15) is 4.79 Å². The lowest BCUT2D eigenvalue weighted by molar-refractivity contribution is -0.115. The highest BCUT2D eigenvalue weighted by Gasteiger charge is 2.13. The van der Waals surface area contributed by atoms with Gasteiger partial charge in [-0.15, -0.1) is 11.8 Å². The second kappa shape index (κ2) is 8.71. The number of ether oxygens (including phenoxy) is 1. The first-order valence-corrected chi connectivity index (χ1v) is 8.44. The van der Waals surface area contributed by atoms with E-state index in [1.807, 2.05) is 49.4 Å². The fourth-order valence-corrected chi connectivity index (χ4v) is 2.63. The highest BCUT2D eigenvalue weighted by Crippen LogP contribution is 2.17. The number of anilines is 1. The van der Waals surface area contributed by atoms with Gasteiger partial charge in [-0.2, -0.15) is 0 Å². The number of benzene rings is 2. The third-order valence-corrected chi connectivity index (χ3v) is 4.31. The molecule has 0 bridgehead atoms. The maximum absolute atomic E-state index is 12.0. The molecule has 1 N–H and O–H groups in total. The first kappa shape index (κ1) is 16.7. The SMILES string of the molecule is CC(SCCOc1ccc(Cl)cc1)C(=O)Nc1ccccc1. The van der Waals surface area contributed by atoms with Gasteiger partial charge in [-0.05, 0) is 43.3 Å². The van der Waals surface area contributed by atoms with E-state index in [1.54, 1.807) is 23.9 Å². The summed E-state index contributed by atoms with van der Waals surface area (Å²) >= 11 is 7.37. The van der Waals surface area contributed by atoms with Crippen molar-refractivity contribution in [1.82, 2.24) is 0 Å². The fourth-order valence-electron chi connectivity index (χ4n) is 1.76. The molecule has 2 rings (SSSR count). The van der Waals surface area contributed by atoms with Crippen molar-refractivity contribution in [2.75, 3.05) is 17.7 Å². The molecule has 3 nitrogen and oxygen atoms in total. The van der Waals surface area contributed by atoms with Crippen LogP contribution in [0.2, 0.25) is 5.02 Å². The van der Waals surface area contributed by atoms with Crippen molar-refractivity contribution in [3.8, 4) is 5.75 Å². The van der Waals surface area contributed by atoms with Crippen LogP contribution >= 0.6 is 23.4 Å². The number of halogens is 1. The minimum Gasteiger partial charge on any atom is -0.493 e. The van der Waals surface area contributed by atoms with Gasteiger partial charge in [0.2, 0.25) is 5.91 Å². The highest BCUT2D eigenvalue weighted by atomic mass is 35.5. The predicted molar refractivity (Wildman–Crippen MR) is 93.9 cm³/mol. The number of rotatable bonds is 7. The number of hydrogen-bond acceptors (Lipinski definition) is 3. The maximum atomic E-state index is 12.0. The van der Waals surface area contributed by atoms with Gasteiger partial charge >= 0.3 is 0 Å². The molecule has 0 heterocycles. The molecule has 22 heavy (non-hydrogen) atoms. The van der Waals surface area contributed by atoms with Crippen LogP contribution in [0, 0.1) is 0 Å². The lowest BCUT2D eigenvalue weighted by atomic mass is 10.3. The van der Waals surface area contributed by atoms with E-state index < -0.39 is 0 Å². The zero-order valence-electron chi connectivity index (χ0n) is 12.3. The molecule has 1 atom stereocenters. The molecule has 0 saturated heterocycles. The molecular formula is C17H18ClNO2S. The second-order valence-corrected chi connectivity index (χ2v) is 6.56. The second-order valence-electron chi connectivity index (χ2n) is 4.67. The Bertz CT molecular complexity index is 589. The third kappa shape index (κ3) is 5.62. The summed E-state index contributed by atoms with van der Waals surface area (Å²) in [5.41, 5.74) is 0.817. The smallest absolute Gasteiger partial charge is 0.237 e. The van der Waals surface area contributed by atoms with E-state index >= 15 is 0 Å². The Morgan fingerprint density at radius 1 is 1.18 bits per heavy atom. The van der Waals surface area contributed by atoms with Gasteiger partial charge in [-0.3, -0.25) is 4.79 Å². The molecule has 0 fully saturated rings. The molecule has 0 aliphatic heterocycles. The summed E-state index contributed by atoms with van der Waals surface area (Å²) in [6, 6.07) is 16.7. The Labute approximate surface area is 140 Å². The van der Waals surface area contributed by atoms with E-state index in [0.29, 0.717) is 11.6 Å². The zero-order chi connectivity index (χ0) is 15.8. The van der Waals surface area contributed by atoms with Crippen molar-refractivity contribution < 1.29 is 9.53 Å². The van der Waals surface area contributed by atoms with Crippen LogP contribution in [0.3, 0.4) is 0 Å². The van der Waals surface area contributed by atoms with Crippen molar-refractivity contribution in [3.05, 3.63) is 59.6 Å². The molecule has 0 aliphatic rings. The lowest BCUT2D eigenvalue weighted by Gasteiger charge is -2.12. The van der Waals surface area contributed by atoms with Gasteiger partial charge in [-0.1, -0.05) is 29.8 Å². The Kier molecular flexibility index (Phi) is 6.62. The number of hydrogen-bond donors (Lipinski definition) is 1. The molecule has 116 valence electrons. The van der Waals surface area contributed by atoms with Crippen molar-refractivity contribution in [1.29, 1.82) is 0 Å². The highest BCUT2D eigenvalue weighted by molar-refractivity contribution is 8.00. The van der Waals surface area contributed by atoms with Crippen LogP contribution in [0.1, 0.15) is 6.92 Å². The number of nitrogens with one attached hydrogen (secondary N) is 1. The van der Waals surface area contributed by atoms with Crippen LogP contribution in [0.15, 0.2) is 54.6 Å². The summed E-state index contributed by atoms with van der Waals surface area (Å²) in [7, 11) is 0. The lowest BCUT2D eigenvalue weighted by Crippen LogP contribution is -2.23. The predicted octanol–water partition coefficient (Wildman–Crippen LogP) is 4.48. The van der Waals surface area contributed by atoms with Gasteiger partial charge < -0.3 is 10.1 Å². The normalized spacial score (nSPS) is 11.7. The van der Waals surface area contributed by atoms with Gasteiger partial charge in [0.1, 0.15) is 5.75 Å². The first-order chi connectivity index (χ1) is 10.6. The van der Waals surface area contributed by atoms with Crippen LogP contribution in [-0.2, 0) is 4.79 Å². The fraction of sp³-hybridized carbons (Fsp3) is 0.235. The summed E-state index contributed by atoms with van der Waals surface area (Å²) in [5, 5.41) is 3.45. The van der Waals surface area contributed by atoms with Crippen LogP contribution in [0.5, 0.6) is 5.75 Å². The average Bonchev–Trinajstić information content (AvgIpc) is 2.54. The van der Waals surface area contributed by atoms with Crippen molar-refractivity contribution >= 4 is 35.0 Å². The van der Waals surface area contributed by atoms with E-state index in [2.05, 4.69) is 5.32 Å². The molecule has 0 aromatic heterocycles. The number of para-hydroxylation sites is 1. The largest absolute Gasteiger partial charge is 0.493 e. The van der Waals surface area contributed by atoms with Crippen molar-refractivity contribution in [2.45, 2.75) is 12.2 Å². The molecule has 2 aromatic rings. The summed E-state index contributed by atoms with van der Waals surface area (Å²) in [4.78, 5) is 12.0. The minimum absolute atomic E-state index is 0.00249. The van der Waals surface area contributed by atoms with Gasteiger partial charge in [0.25, 0.3) is 0 Å². The molecular weight excluding hydrogens is 318 g/mol. The number of amides is 1. The summed E-state index contributed by atoms with van der Waals surface area (Å²) in [5.74, 6) is 1.53. The van der Waals surface area contributed by atoms with Gasteiger partial charge in [0, 0.05) is 16.5 Å². The number of carbonyl (C=O) groups is 1. The number of thioether (sulfide) groups is 1.